The summed E-state index contributed by atoms with van der Waals surface area (Å²) in [5, 5.41) is 2.98. The van der Waals surface area contributed by atoms with Crippen molar-refractivity contribution in [2.24, 2.45) is 0 Å². The molecule has 0 saturated carbocycles. The Bertz CT molecular complexity index is 821. The maximum atomic E-state index is 12.2. The molecule has 0 atom stereocenters. The van der Waals surface area contributed by atoms with Gasteiger partial charge in [-0.25, -0.2) is 4.98 Å². The Balaban J connectivity index is 1.75. The number of hydrogen-bond donors (Lipinski definition) is 1. The molecule has 22 heavy (non-hydrogen) atoms. The summed E-state index contributed by atoms with van der Waals surface area (Å²) < 4.78 is 5.50. The summed E-state index contributed by atoms with van der Waals surface area (Å²) in [5.41, 5.74) is 4.47. The SMILES string of the molecule is CCc1ccccc1NC(=O)Cc1ccc2nc(C)oc2c1. The number of anilines is 1. The maximum absolute atomic E-state index is 12.2. The quantitative estimate of drug-likeness (QED) is 0.794. The Kier molecular flexibility index (Phi) is 3.92. The molecule has 0 aliphatic carbocycles. The van der Waals surface area contributed by atoms with Crippen molar-refractivity contribution in [3.63, 3.8) is 0 Å². The van der Waals surface area contributed by atoms with E-state index < -0.39 is 0 Å². The summed E-state index contributed by atoms with van der Waals surface area (Å²) in [6.45, 7) is 3.89. The molecule has 4 heteroatoms. The lowest BCUT2D eigenvalue weighted by atomic mass is 10.1. The topological polar surface area (TPSA) is 55.1 Å². The van der Waals surface area contributed by atoms with Crippen LogP contribution in [0.4, 0.5) is 5.69 Å². The van der Waals surface area contributed by atoms with Crippen molar-refractivity contribution >= 4 is 22.7 Å². The summed E-state index contributed by atoms with van der Waals surface area (Å²) in [6.07, 6.45) is 1.20. The van der Waals surface area contributed by atoms with Gasteiger partial charge in [0, 0.05) is 12.6 Å². The minimum absolute atomic E-state index is 0.0310. The van der Waals surface area contributed by atoms with Gasteiger partial charge in [0.15, 0.2) is 11.5 Å². The van der Waals surface area contributed by atoms with Gasteiger partial charge in [0.25, 0.3) is 0 Å². The lowest BCUT2D eigenvalue weighted by Crippen LogP contribution is -2.15. The number of rotatable bonds is 4. The van der Waals surface area contributed by atoms with Crippen LogP contribution in [0.15, 0.2) is 46.9 Å². The zero-order chi connectivity index (χ0) is 15.5. The number of nitrogens with zero attached hydrogens (tertiary/aromatic N) is 1. The van der Waals surface area contributed by atoms with Crippen molar-refractivity contribution in [2.45, 2.75) is 26.7 Å². The molecule has 0 fully saturated rings. The zero-order valence-corrected chi connectivity index (χ0v) is 12.7. The second kappa shape index (κ2) is 6.02. The molecule has 0 aliphatic heterocycles. The lowest BCUT2D eigenvalue weighted by molar-refractivity contribution is -0.115. The predicted octanol–water partition coefficient (Wildman–Crippen LogP) is 3.88. The molecule has 2 aromatic carbocycles. The average Bonchev–Trinajstić information content (AvgIpc) is 2.87. The second-order valence-electron chi connectivity index (χ2n) is 5.27. The first-order chi connectivity index (χ1) is 10.7. The molecule has 0 aliphatic rings. The largest absolute Gasteiger partial charge is 0.441 e. The first-order valence-electron chi connectivity index (χ1n) is 7.39. The first-order valence-corrected chi connectivity index (χ1v) is 7.39. The molecule has 3 rings (SSSR count). The molecule has 1 heterocycles. The van der Waals surface area contributed by atoms with Crippen LogP contribution in [0.2, 0.25) is 0 Å². The van der Waals surface area contributed by atoms with Crippen molar-refractivity contribution < 1.29 is 9.21 Å². The van der Waals surface area contributed by atoms with Crippen molar-refractivity contribution in [1.29, 1.82) is 0 Å². The van der Waals surface area contributed by atoms with Crippen molar-refractivity contribution in [3.8, 4) is 0 Å². The number of aromatic nitrogens is 1. The van der Waals surface area contributed by atoms with Gasteiger partial charge in [-0.05, 0) is 35.7 Å². The number of fused-ring (bicyclic) bond motifs is 1. The number of oxazole rings is 1. The standard InChI is InChI=1S/C18H18N2O2/c1-3-14-6-4-5-7-15(14)20-18(21)11-13-8-9-16-17(10-13)22-12(2)19-16/h4-10H,3,11H2,1-2H3,(H,20,21). The molecule has 1 aromatic heterocycles. The highest BCUT2D eigenvalue weighted by Crippen LogP contribution is 2.19. The molecule has 0 spiro atoms. The molecule has 3 aromatic rings. The molecular weight excluding hydrogens is 276 g/mol. The van der Waals surface area contributed by atoms with E-state index in [1.807, 2.05) is 49.4 Å². The fourth-order valence-electron chi connectivity index (χ4n) is 2.52. The Morgan fingerprint density at radius 1 is 1.23 bits per heavy atom. The number of para-hydroxylation sites is 1. The van der Waals surface area contributed by atoms with Gasteiger partial charge in [0.2, 0.25) is 5.91 Å². The number of nitrogens with one attached hydrogen (secondary N) is 1. The van der Waals surface area contributed by atoms with Crippen LogP contribution in [0.3, 0.4) is 0 Å². The third-order valence-corrected chi connectivity index (χ3v) is 3.60. The Morgan fingerprint density at radius 2 is 2.05 bits per heavy atom. The van der Waals surface area contributed by atoms with E-state index in [1.54, 1.807) is 0 Å². The highest BCUT2D eigenvalue weighted by Gasteiger charge is 2.09. The minimum Gasteiger partial charge on any atom is -0.441 e. The van der Waals surface area contributed by atoms with Gasteiger partial charge in [-0.2, -0.15) is 0 Å². The van der Waals surface area contributed by atoms with Crippen molar-refractivity contribution in [3.05, 3.63) is 59.5 Å². The van der Waals surface area contributed by atoms with Crippen LogP contribution in [-0.2, 0) is 17.6 Å². The Hall–Kier alpha value is -2.62. The van der Waals surface area contributed by atoms with E-state index in [0.717, 1.165) is 34.3 Å². The van der Waals surface area contributed by atoms with Crippen molar-refractivity contribution in [2.75, 3.05) is 5.32 Å². The van der Waals surface area contributed by atoms with Crippen LogP contribution in [0.1, 0.15) is 23.9 Å². The maximum Gasteiger partial charge on any atom is 0.228 e. The number of hydrogen-bond acceptors (Lipinski definition) is 3. The Labute approximate surface area is 129 Å². The van der Waals surface area contributed by atoms with Crippen LogP contribution < -0.4 is 5.32 Å². The second-order valence-corrected chi connectivity index (χ2v) is 5.27. The van der Waals surface area contributed by atoms with Gasteiger partial charge in [0.1, 0.15) is 5.52 Å². The zero-order valence-electron chi connectivity index (χ0n) is 12.7. The molecule has 0 saturated heterocycles. The van der Waals surface area contributed by atoms with Gasteiger partial charge in [-0.15, -0.1) is 0 Å². The third-order valence-electron chi connectivity index (χ3n) is 3.60. The Morgan fingerprint density at radius 3 is 2.86 bits per heavy atom. The average molecular weight is 294 g/mol. The third kappa shape index (κ3) is 3.01. The highest BCUT2D eigenvalue weighted by molar-refractivity contribution is 5.93. The van der Waals surface area contributed by atoms with E-state index in [2.05, 4.69) is 17.2 Å². The van der Waals surface area contributed by atoms with Gasteiger partial charge < -0.3 is 9.73 Å². The van der Waals surface area contributed by atoms with Gasteiger partial charge in [0.05, 0.1) is 6.42 Å². The summed E-state index contributed by atoms with van der Waals surface area (Å²) in [5.74, 6) is 0.602. The number of amides is 1. The minimum atomic E-state index is -0.0310. The monoisotopic (exact) mass is 294 g/mol. The number of aryl methyl sites for hydroxylation is 2. The highest BCUT2D eigenvalue weighted by atomic mass is 16.3. The molecule has 4 nitrogen and oxygen atoms in total. The first kappa shape index (κ1) is 14.3. The van der Waals surface area contributed by atoms with Crippen molar-refractivity contribution in [1.82, 2.24) is 4.98 Å². The molecule has 0 radical (unpaired) electrons. The predicted molar refractivity (Wildman–Crippen MR) is 86.9 cm³/mol. The van der Waals surface area contributed by atoms with E-state index in [9.17, 15) is 4.79 Å². The van der Waals surface area contributed by atoms with E-state index in [4.69, 9.17) is 4.42 Å². The van der Waals surface area contributed by atoms with Crippen LogP contribution in [-0.4, -0.2) is 10.9 Å². The number of carbonyl (C=O) groups excluding carboxylic acids is 1. The van der Waals surface area contributed by atoms with E-state index in [1.165, 1.54) is 0 Å². The van der Waals surface area contributed by atoms with Crippen LogP contribution >= 0.6 is 0 Å². The smallest absolute Gasteiger partial charge is 0.228 e. The van der Waals surface area contributed by atoms with E-state index in [0.29, 0.717) is 12.3 Å². The van der Waals surface area contributed by atoms with Crippen LogP contribution in [0, 0.1) is 6.92 Å². The fourth-order valence-corrected chi connectivity index (χ4v) is 2.52. The molecular formula is C18H18N2O2. The van der Waals surface area contributed by atoms with Crippen LogP contribution in [0.25, 0.3) is 11.1 Å². The summed E-state index contributed by atoms with van der Waals surface area (Å²) in [7, 11) is 0. The molecule has 0 unspecified atom stereocenters. The number of carbonyl (C=O) groups is 1. The lowest BCUT2D eigenvalue weighted by Gasteiger charge is -2.09. The van der Waals surface area contributed by atoms with E-state index >= 15 is 0 Å². The van der Waals surface area contributed by atoms with Gasteiger partial charge in [-0.1, -0.05) is 31.2 Å². The number of benzene rings is 2. The van der Waals surface area contributed by atoms with Crippen LogP contribution in [0.5, 0.6) is 0 Å². The fraction of sp³-hybridized carbons (Fsp3) is 0.222. The van der Waals surface area contributed by atoms with Gasteiger partial charge in [-0.3, -0.25) is 4.79 Å². The van der Waals surface area contributed by atoms with Gasteiger partial charge >= 0.3 is 0 Å². The summed E-state index contributed by atoms with van der Waals surface area (Å²) in [6, 6.07) is 13.5. The summed E-state index contributed by atoms with van der Waals surface area (Å²) >= 11 is 0. The normalized spacial score (nSPS) is 10.8. The molecule has 1 amide bonds. The molecule has 112 valence electrons. The summed E-state index contributed by atoms with van der Waals surface area (Å²) in [4.78, 5) is 16.5. The molecule has 0 bridgehead atoms. The molecule has 1 N–H and O–H groups in total. The van der Waals surface area contributed by atoms with E-state index in [-0.39, 0.29) is 5.91 Å².